The van der Waals surface area contributed by atoms with Gasteiger partial charge in [-0.15, -0.1) is 0 Å². The fraction of sp³-hybridized carbons (Fsp3) is 0.682. The SMILES string of the molecule is CO[Si](CCCN(CC(C)C(=O)O[Si](C)(C)C(C)(C)C)c1ccccc1)(OC)OC. The van der Waals surface area contributed by atoms with Gasteiger partial charge in [0.2, 0.25) is 0 Å². The number of anilines is 1. The van der Waals surface area contributed by atoms with Gasteiger partial charge in [0, 0.05) is 46.2 Å². The van der Waals surface area contributed by atoms with Crippen LogP contribution in [0, 0.1) is 5.92 Å². The molecule has 0 bridgehead atoms. The highest BCUT2D eigenvalue weighted by Crippen LogP contribution is 2.37. The molecule has 0 aromatic heterocycles. The minimum atomic E-state index is -2.61. The molecule has 1 atom stereocenters. The Morgan fingerprint density at radius 3 is 2.03 bits per heavy atom. The Balaban J connectivity index is 2.86. The van der Waals surface area contributed by atoms with Crippen molar-refractivity contribution < 1.29 is 22.5 Å². The minimum absolute atomic E-state index is 0.00405. The van der Waals surface area contributed by atoms with Crippen molar-refractivity contribution in [2.45, 2.75) is 58.3 Å². The van der Waals surface area contributed by atoms with Crippen molar-refractivity contribution in [3.63, 3.8) is 0 Å². The number of para-hydroxylation sites is 1. The van der Waals surface area contributed by atoms with Crippen molar-refractivity contribution >= 4 is 28.8 Å². The average Bonchev–Trinajstić information content (AvgIpc) is 2.70. The van der Waals surface area contributed by atoms with E-state index in [4.69, 9.17) is 17.7 Å². The van der Waals surface area contributed by atoms with E-state index >= 15 is 0 Å². The summed E-state index contributed by atoms with van der Waals surface area (Å²) in [6, 6.07) is 10.9. The number of nitrogens with zero attached hydrogens (tertiary/aromatic N) is 1. The van der Waals surface area contributed by atoms with Crippen molar-refractivity contribution in [3.8, 4) is 0 Å². The van der Waals surface area contributed by atoms with Crippen LogP contribution < -0.4 is 4.90 Å². The number of carbonyl (C=O) groups excluding carboxylic acids is 1. The molecule has 0 aliphatic carbocycles. The van der Waals surface area contributed by atoms with Gasteiger partial charge < -0.3 is 22.6 Å². The topological polar surface area (TPSA) is 57.2 Å². The van der Waals surface area contributed by atoms with Crippen LogP contribution in [0.3, 0.4) is 0 Å². The van der Waals surface area contributed by atoms with Gasteiger partial charge in [0.05, 0.1) is 5.92 Å². The summed E-state index contributed by atoms with van der Waals surface area (Å²) in [5, 5.41) is -0.00405. The van der Waals surface area contributed by atoms with Crippen molar-refractivity contribution in [2.24, 2.45) is 5.92 Å². The zero-order valence-electron chi connectivity index (χ0n) is 20.3. The second kappa shape index (κ2) is 11.4. The summed E-state index contributed by atoms with van der Waals surface area (Å²) in [6.07, 6.45) is 0.834. The first-order valence-electron chi connectivity index (χ1n) is 10.6. The molecule has 0 saturated carbocycles. The average molecular weight is 456 g/mol. The third kappa shape index (κ3) is 7.49. The standard InChI is InChI=1S/C22H41NO5Si2/c1-19(21(24)28-29(8,9)22(2,3)4)18-23(20-14-11-10-12-15-20)16-13-17-30(25-5,26-6)27-7/h10-12,14-15,19H,13,16-18H2,1-9H3. The molecule has 0 fully saturated rings. The smallest absolute Gasteiger partial charge is 0.500 e. The molecule has 1 aromatic carbocycles. The summed E-state index contributed by atoms with van der Waals surface area (Å²) < 4.78 is 22.6. The summed E-state index contributed by atoms with van der Waals surface area (Å²) in [7, 11) is 0.146. The van der Waals surface area contributed by atoms with Crippen LogP contribution in [0.25, 0.3) is 0 Å². The Morgan fingerprint density at radius 1 is 1.03 bits per heavy atom. The van der Waals surface area contributed by atoms with Gasteiger partial charge in [0.15, 0.2) is 0 Å². The maximum absolute atomic E-state index is 12.9. The molecule has 0 N–H and O–H groups in total. The van der Waals surface area contributed by atoms with Crippen LogP contribution in [-0.2, 0) is 22.5 Å². The van der Waals surface area contributed by atoms with E-state index < -0.39 is 17.1 Å². The van der Waals surface area contributed by atoms with E-state index in [1.807, 2.05) is 25.1 Å². The molecule has 8 heteroatoms. The van der Waals surface area contributed by atoms with Crippen molar-refractivity contribution in [1.82, 2.24) is 0 Å². The lowest BCUT2D eigenvalue weighted by molar-refractivity contribution is -0.139. The fourth-order valence-electron chi connectivity index (χ4n) is 2.92. The van der Waals surface area contributed by atoms with Gasteiger partial charge in [-0.25, -0.2) is 0 Å². The molecular weight excluding hydrogens is 414 g/mol. The monoisotopic (exact) mass is 455 g/mol. The van der Waals surface area contributed by atoms with Crippen molar-refractivity contribution in [1.29, 1.82) is 0 Å². The number of hydrogen-bond donors (Lipinski definition) is 0. The number of benzene rings is 1. The summed E-state index contributed by atoms with van der Waals surface area (Å²) in [5.41, 5.74) is 1.09. The van der Waals surface area contributed by atoms with Crippen LogP contribution in [0.2, 0.25) is 24.2 Å². The van der Waals surface area contributed by atoms with Gasteiger partial charge in [0.25, 0.3) is 14.3 Å². The van der Waals surface area contributed by atoms with Crippen LogP contribution in [-0.4, -0.2) is 57.5 Å². The Bertz CT molecular complexity index is 636. The van der Waals surface area contributed by atoms with Gasteiger partial charge >= 0.3 is 8.80 Å². The molecule has 1 aromatic rings. The molecule has 6 nitrogen and oxygen atoms in total. The number of rotatable bonds is 12. The minimum Gasteiger partial charge on any atom is -0.519 e. The highest BCUT2D eigenvalue weighted by atomic mass is 28.4. The third-order valence-electron chi connectivity index (χ3n) is 6.02. The molecule has 0 spiro atoms. The molecule has 1 rings (SSSR count). The van der Waals surface area contributed by atoms with E-state index in [1.165, 1.54) is 0 Å². The molecule has 0 amide bonds. The Morgan fingerprint density at radius 2 is 1.57 bits per heavy atom. The number of hydrogen-bond acceptors (Lipinski definition) is 6. The van der Waals surface area contributed by atoms with E-state index in [0.29, 0.717) is 12.6 Å². The largest absolute Gasteiger partial charge is 0.519 e. The van der Waals surface area contributed by atoms with E-state index in [2.05, 4.69) is 50.9 Å². The van der Waals surface area contributed by atoms with Gasteiger partial charge in [-0.1, -0.05) is 45.9 Å². The third-order valence-corrected chi connectivity index (χ3v) is 13.2. The molecule has 30 heavy (non-hydrogen) atoms. The van der Waals surface area contributed by atoms with E-state index in [1.54, 1.807) is 21.3 Å². The quantitative estimate of drug-likeness (QED) is 0.416. The van der Waals surface area contributed by atoms with Crippen LogP contribution in [0.4, 0.5) is 5.69 Å². The van der Waals surface area contributed by atoms with Gasteiger partial charge in [0.1, 0.15) is 0 Å². The van der Waals surface area contributed by atoms with Crippen LogP contribution in [0.1, 0.15) is 34.1 Å². The van der Waals surface area contributed by atoms with Gasteiger partial charge in [-0.3, -0.25) is 4.79 Å². The van der Waals surface area contributed by atoms with Crippen LogP contribution in [0.5, 0.6) is 0 Å². The lowest BCUT2D eigenvalue weighted by Gasteiger charge is -2.37. The van der Waals surface area contributed by atoms with Crippen LogP contribution >= 0.6 is 0 Å². The zero-order valence-corrected chi connectivity index (χ0v) is 22.3. The first-order chi connectivity index (χ1) is 13.9. The first kappa shape index (κ1) is 26.8. The Labute approximate surface area is 185 Å². The molecule has 0 aliphatic rings. The molecule has 172 valence electrons. The molecule has 0 radical (unpaired) electrons. The Kier molecular flexibility index (Phi) is 10.2. The lowest BCUT2D eigenvalue weighted by Crippen LogP contribution is -2.45. The molecule has 0 heterocycles. The van der Waals surface area contributed by atoms with Crippen LogP contribution in [0.15, 0.2) is 30.3 Å². The normalized spacial score (nSPS) is 13.8. The Hall–Kier alpha value is -1.20. The maximum Gasteiger partial charge on any atom is 0.500 e. The molecule has 0 saturated heterocycles. The molecule has 1 unspecified atom stereocenters. The van der Waals surface area contributed by atoms with E-state index in [0.717, 1.165) is 18.7 Å². The zero-order chi connectivity index (χ0) is 23.0. The second-order valence-corrected chi connectivity index (χ2v) is 17.1. The highest BCUT2D eigenvalue weighted by molar-refractivity contribution is 6.75. The first-order valence-corrected chi connectivity index (χ1v) is 15.4. The molecular formula is C22H41NO5Si2. The highest BCUT2D eigenvalue weighted by Gasteiger charge is 2.41. The summed E-state index contributed by atoms with van der Waals surface area (Å²) >= 11 is 0. The number of carbonyl (C=O) groups is 1. The summed E-state index contributed by atoms with van der Waals surface area (Å²) in [4.78, 5) is 15.1. The fourth-order valence-corrected chi connectivity index (χ4v) is 5.63. The van der Waals surface area contributed by atoms with E-state index in [9.17, 15) is 4.79 Å². The second-order valence-electron chi connectivity index (χ2n) is 9.26. The predicted molar refractivity (Wildman–Crippen MR) is 127 cm³/mol. The summed E-state index contributed by atoms with van der Waals surface area (Å²) in [6.45, 7) is 14.0. The van der Waals surface area contributed by atoms with E-state index in [-0.39, 0.29) is 16.9 Å². The molecule has 0 aliphatic heterocycles. The lowest BCUT2D eigenvalue weighted by atomic mass is 10.1. The van der Waals surface area contributed by atoms with Gasteiger partial charge in [-0.2, -0.15) is 0 Å². The summed E-state index contributed by atoms with van der Waals surface area (Å²) in [5.74, 6) is -0.342. The maximum atomic E-state index is 12.9. The van der Waals surface area contributed by atoms with Crippen molar-refractivity contribution in [3.05, 3.63) is 30.3 Å². The van der Waals surface area contributed by atoms with Crippen molar-refractivity contribution in [2.75, 3.05) is 39.3 Å². The predicted octanol–water partition coefficient (Wildman–Crippen LogP) is 4.95. The van der Waals surface area contributed by atoms with Gasteiger partial charge in [-0.05, 0) is 36.7 Å².